The van der Waals surface area contributed by atoms with E-state index in [0.717, 1.165) is 17.8 Å². The first-order valence-corrected chi connectivity index (χ1v) is 11.4. The summed E-state index contributed by atoms with van der Waals surface area (Å²) >= 11 is 1.81. The van der Waals surface area contributed by atoms with E-state index in [0.29, 0.717) is 5.41 Å². The van der Waals surface area contributed by atoms with Crippen molar-refractivity contribution in [2.75, 3.05) is 0 Å². The Bertz CT molecular complexity index is 995. The van der Waals surface area contributed by atoms with Crippen LogP contribution in [0.4, 0.5) is 0 Å². The zero-order chi connectivity index (χ0) is 18.3. The third-order valence-corrected chi connectivity index (χ3v) is 8.56. The van der Waals surface area contributed by atoms with Crippen molar-refractivity contribution in [3.05, 3.63) is 46.1 Å². The van der Waals surface area contributed by atoms with E-state index in [1.165, 1.54) is 77.1 Å². The smallest absolute Gasteiger partial charge is 0.194 e. The van der Waals surface area contributed by atoms with E-state index in [1.807, 2.05) is 11.3 Å². The average molecular weight is 377 g/mol. The van der Waals surface area contributed by atoms with Crippen molar-refractivity contribution in [3.63, 3.8) is 0 Å². The summed E-state index contributed by atoms with van der Waals surface area (Å²) in [4.78, 5) is 6.38. The van der Waals surface area contributed by atoms with E-state index in [1.54, 1.807) is 0 Å². The molecule has 7 rings (SSSR count). The molecular weight excluding hydrogens is 348 g/mol. The number of aryl methyl sites for hydroxylation is 3. The number of fused-ring (bicyclic) bond motifs is 1. The summed E-state index contributed by atoms with van der Waals surface area (Å²) in [6, 6.07) is 4.62. The Morgan fingerprint density at radius 1 is 0.963 bits per heavy atom. The molecule has 0 saturated heterocycles. The largest absolute Gasteiger partial charge is 0.290 e. The highest BCUT2D eigenvalue weighted by Gasteiger charge is 2.52. The molecule has 2 nitrogen and oxygen atoms in total. The van der Waals surface area contributed by atoms with Gasteiger partial charge in [0.1, 0.15) is 0 Å². The molecule has 27 heavy (non-hydrogen) atoms. The third kappa shape index (κ3) is 2.33. The molecule has 140 valence electrons. The SMILES string of the molecule is Cc1cc(C)c(-c2csc3nc(C45CC6CC(CC(C6)C4)C5)cn23)c(C)c1. The lowest BCUT2D eigenvalue weighted by Crippen LogP contribution is -2.48. The first kappa shape index (κ1) is 16.4. The Morgan fingerprint density at radius 3 is 2.15 bits per heavy atom. The maximum Gasteiger partial charge on any atom is 0.194 e. The van der Waals surface area contributed by atoms with Crippen LogP contribution in [0.5, 0.6) is 0 Å². The minimum atomic E-state index is 0.384. The molecule has 4 bridgehead atoms. The van der Waals surface area contributed by atoms with Crippen molar-refractivity contribution in [1.29, 1.82) is 0 Å². The monoisotopic (exact) mass is 376 g/mol. The molecule has 0 unspecified atom stereocenters. The van der Waals surface area contributed by atoms with Gasteiger partial charge >= 0.3 is 0 Å². The molecule has 0 amide bonds. The summed E-state index contributed by atoms with van der Waals surface area (Å²) < 4.78 is 2.39. The quantitative estimate of drug-likeness (QED) is 0.502. The summed E-state index contributed by atoms with van der Waals surface area (Å²) in [6.07, 6.45) is 11.1. The average Bonchev–Trinajstić information content (AvgIpc) is 3.15. The van der Waals surface area contributed by atoms with Crippen molar-refractivity contribution >= 4 is 16.3 Å². The molecule has 0 N–H and O–H groups in total. The van der Waals surface area contributed by atoms with E-state index in [4.69, 9.17) is 4.98 Å². The summed E-state index contributed by atoms with van der Waals surface area (Å²) in [6.45, 7) is 6.68. The maximum atomic E-state index is 5.21. The number of imidazole rings is 1. The second-order valence-electron chi connectivity index (χ2n) is 9.87. The fourth-order valence-electron chi connectivity index (χ4n) is 7.23. The summed E-state index contributed by atoms with van der Waals surface area (Å²) in [5.41, 5.74) is 8.59. The van der Waals surface area contributed by atoms with Gasteiger partial charge in [-0.25, -0.2) is 4.98 Å². The Hall–Kier alpha value is -1.61. The first-order chi connectivity index (χ1) is 13.0. The van der Waals surface area contributed by atoms with Gasteiger partial charge in [-0.05, 0) is 88.2 Å². The minimum absolute atomic E-state index is 0.384. The Labute approximate surface area is 165 Å². The van der Waals surface area contributed by atoms with Crippen molar-refractivity contribution in [2.45, 2.75) is 64.7 Å². The number of aromatic nitrogens is 2. The normalized spacial score (nSPS) is 31.9. The number of hydrogen-bond acceptors (Lipinski definition) is 2. The van der Waals surface area contributed by atoms with E-state index in [2.05, 4.69) is 48.9 Å². The van der Waals surface area contributed by atoms with Crippen LogP contribution < -0.4 is 0 Å². The van der Waals surface area contributed by atoms with Crippen molar-refractivity contribution in [2.24, 2.45) is 17.8 Å². The highest BCUT2D eigenvalue weighted by molar-refractivity contribution is 7.15. The predicted octanol–water partition coefficient (Wildman–Crippen LogP) is 6.46. The molecule has 0 radical (unpaired) electrons. The van der Waals surface area contributed by atoms with Crippen LogP contribution in [0.15, 0.2) is 23.7 Å². The highest BCUT2D eigenvalue weighted by atomic mass is 32.1. The highest BCUT2D eigenvalue weighted by Crippen LogP contribution is 2.60. The standard InChI is InChI=1S/C24H28N2S/c1-14-4-15(2)22(16(3)5-14)20-13-27-23-25-21(12-26(20)23)24-9-17-6-18(10-24)8-19(7-17)11-24/h4-5,12-13,17-19H,6-11H2,1-3H3. The Balaban J connectivity index is 1.48. The van der Waals surface area contributed by atoms with Crippen molar-refractivity contribution in [3.8, 4) is 11.3 Å². The fourth-order valence-corrected chi connectivity index (χ4v) is 8.09. The molecule has 3 heteroatoms. The topological polar surface area (TPSA) is 17.3 Å². The van der Waals surface area contributed by atoms with E-state index < -0.39 is 0 Å². The first-order valence-electron chi connectivity index (χ1n) is 10.6. The van der Waals surface area contributed by atoms with Crippen LogP contribution in [0.1, 0.15) is 60.9 Å². The molecule has 0 spiro atoms. The number of hydrogen-bond donors (Lipinski definition) is 0. The number of rotatable bonds is 2. The van der Waals surface area contributed by atoms with Gasteiger partial charge in [-0.15, -0.1) is 11.3 Å². The maximum absolute atomic E-state index is 5.21. The van der Waals surface area contributed by atoms with Gasteiger partial charge in [-0.1, -0.05) is 17.7 Å². The number of nitrogens with zero attached hydrogens (tertiary/aromatic N) is 2. The van der Waals surface area contributed by atoms with Crippen LogP contribution >= 0.6 is 11.3 Å². The fraction of sp³-hybridized carbons (Fsp3) is 0.542. The van der Waals surface area contributed by atoms with Crippen molar-refractivity contribution in [1.82, 2.24) is 9.38 Å². The van der Waals surface area contributed by atoms with Gasteiger partial charge in [0.25, 0.3) is 0 Å². The van der Waals surface area contributed by atoms with Crippen LogP contribution in [0.3, 0.4) is 0 Å². The van der Waals surface area contributed by atoms with E-state index in [9.17, 15) is 0 Å². The van der Waals surface area contributed by atoms with Gasteiger partial charge in [0, 0.05) is 22.6 Å². The molecular formula is C24H28N2S. The number of thiazole rings is 1. The van der Waals surface area contributed by atoms with Crippen LogP contribution in [0.2, 0.25) is 0 Å². The zero-order valence-electron chi connectivity index (χ0n) is 16.6. The van der Waals surface area contributed by atoms with Gasteiger partial charge in [0.05, 0.1) is 11.4 Å². The molecule has 4 aliphatic carbocycles. The van der Waals surface area contributed by atoms with Gasteiger partial charge in [-0.2, -0.15) is 0 Å². The lowest BCUT2D eigenvalue weighted by atomic mass is 9.49. The Kier molecular flexibility index (Phi) is 3.31. The van der Waals surface area contributed by atoms with Gasteiger partial charge in [-0.3, -0.25) is 4.40 Å². The Morgan fingerprint density at radius 2 is 1.56 bits per heavy atom. The number of benzene rings is 1. The molecule has 2 aromatic heterocycles. The van der Waals surface area contributed by atoms with Gasteiger partial charge in [0.2, 0.25) is 0 Å². The summed E-state index contributed by atoms with van der Waals surface area (Å²) in [5.74, 6) is 2.91. The third-order valence-electron chi connectivity index (χ3n) is 7.72. The summed E-state index contributed by atoms with van der Waals surface area (Å²) in [7, 11) is 0. The van der Waals surface area contributed by atoms with E-state index in [-0.39, 0.29) is 0 Å². The molecule has 0 atom stereocenters. The van der Waals surface area contributed by atoms with Crippen LogP contribution in [0.25, 0.3) is 16.2 Å². The molecule has 2 heterocycles. The molecule has 4 fully saturated rings. The minimum Gasteiger partial charge on any atom is -0.290 e. The van der Waals surface area contributed by atoms with Gasteiger partial charge in [0.15, 0.2) is 4.96 Å². The van der Waals surface area contributed by atoms with Crippen LogP contribution in [-0.4, -0.2) is 9.38 Å². The lowest BCUT2D eigenvalue weighted by molar-refractivity contribution is -0.00696. The summed E-state index contributed by atoms with van der Waals surface area (Å²) in [5, 5.41) is 2.30. The van der Waals surface area contributed by atoms with Crippen molar-refractivity contribution < 1.29 is 0 Å². The molecule has 3 aromatic rings. The predicted molar refractivity (Wildman–Crippen MR) is 113 cm³/mol. The van der Waals surface area contributed by atoms with Crippen LogP contribution in [-0.2, 0) is 5.41 Å². The second kappa shape index (κ2) is 5.47. The molecule has 4 aliphatic rings. The molecule has 0 aliphatic heterocycles. The second-order valence-corrected chi connectivity index (χ2v) is 10.7. The lowest BCUT2D eigenvalue weighted by Gasteiger charge is -2.56. The zero-order valence-corrected chi connectivity index (χ0v) is 17.4. The van der Waals surface area contributed by atoms with Crippen LogP contribution in [0, 0.1) is 38.5 Å². The molecule has 1 aromatic carbocycles. The van der Waals surface area contributed by atoms with Gasteiger partial charge < -0.3 is 0 Å². The molecule has 4 saturated carbocycles. The van der Waals surface area contributed by atoms with E-state index >= 15 is 0 Å².